The van der Waals surface area contributed by atoms with Gasteiger partial charge in [-0.3, -0.25) is 9.69 Å². The van der Waals surface area contributed by atoms with Crippen LogP contribution < -0.4 is 4.90 Å². The maximum atomic E-state index is 11.7. The van der Waals surface area contributed by atoms with E-state index in [0.717, 1.165) is 0 Å². The number of ether oxygens (including phenoxy) is 1. The monoisotopic (exact) mass is 304 g/mol. The number of amides is 1. The highest BCUT2D eigenvalue weighted by Gasteiger charge is 2.33. The number of hydrogen-bond donors (Lipinski definition) is 0. The standard InChI is InChI=1S/C9H9BrN2O3S/c1-15-9(14)7-8(11-4-16-7)12-3-5(10)2-6(12)13/h4-5H,2-3H2,1H3. The van der Waals surface area contributed by atoms with Gasteiger partial charge in [0, 0.05) is 17.8 Å². The number of rotatable bonds is 2. The van der Waals surface area contributed by atoms with Crippen LogP contribution in [0, 0.1) is 0 Å². The van der Waals surface area contributed by atoms with Crippen molar-refractivity contribution in [2.75, 3.05) is 18.6 Å². The van der Waals surface area contributed by atoms with Gasteiger partial charge < -0.3 is 4.74 Å². The molecule has 1 fully saturated rings. The third-order valence-corrected chi connectivity index (χ3v) is 3.66. The average Bonchev–Trinajstić information content (AvgIpc) is 2.83. The molecule has 0 N–H and O–H groups in total. The molecule has 5 nitrogen and oxygen atoms in total. The zero-order valence-corrected chi connectivity index (χ0v) is 10.9. The summed E-state index contributed by atoms with van der Waals surface area (Å²) in [5.41, 5.74) is 1.54. The largest absolute Gasteiger partial charge is 0.465 e. The minimum atomic E-state index is -0.455. The molecule has 0 radical (unpaired) electrons. The molecular weight excluding hydrogens is 296 g/mol. The molecule has 0 aliphatic carbocycles. The van der Waals surface area contributed by atoms with Gasteiger partial charge in [0.15, 0.2) is 10.7 Å². The number of carbonyl (C=O) groups is 2. The lowest BCUT2D eigenvalue weighted by Crippen LogP contribution is -2.26. The van der Waals surface area contributed by atoms with Crippen molar-refractivity contribution in [1.29, 1.82) is 0 Å². The molecule has 0 bridgehead atoms. The lowest BCUT2D eigenvalue weighted by Gasteiger charge is -2.13. The summed E-state index contributed by atoms with van der Waals surface area (Å²) in [5.74, 6) is -0.0787. The van der Waals surface area contributed by atoms with Crippen LogP contribution in [0.25, 0.3) is 0 Å². The first kappa shape index (κ1) is 11.5. The summed E-state index contributed by atoms with van der Waals surface area (Å²) in [6.07, 6.45) is 0.429. The molecule has 1 atom stereocenters. The van der Waals surface area contributed by atoms with Crippen molar-refractivity contribution in [3.63, 3.8) is 0 Å². The molecule has 0 spiro atoms. The van der Waals surface area contributed by atoms with Gasteiger partial charge in [0.25, 0.3) is 0 Å². The number of anilines is 1. The summed E-state index contributed by atoms with van der Waals surface area (Å²) in [6.45, 7) is 0.534. The minimum absolute atomic E-state index is 0.0297. The maximum Gasteiger partial charge on any atom is 0.351 e. The van der Waals surface area contributed by atoms with Crippen molar-refractivity contribution in [2.45, 2.75) is 11.2 Å². The van der Waals surface area contributed by atoms with Crippen molar-refractivity contribution < 1.29 is 14.3 Å². The Kier molecular flexibility index (Phi) is 3.25. The van der Waals surface area contributed by atoms with E-state index in [2.05, 4.69) is 25.7 Å². The van der Waals surface area contributed by atoms with Crippen LogP contribution in [0.5, 0.6) is 0 Å². The Hall–Kier alpha value is -0.950. The highest BCUT2D eigenvalue weighted by atomic mass is 79.9. The van der Waals surface area contributed by atoms with Gasteiger partial charge >= 0.3 is 5.97 Å². The number of aromatic nitrogens is 1. The molecule has 0 aromatic carbocycles. The number of thiazole rings is 1. The van der Waals surface area contributed by atoms with Gasteiger partial charge in [0.1, 0.15) is 0 Å². The van der Waals surface area contributed by atoms with Crippen LogP contribution in [0.2, 0.25) is 0 Å². The van der Waals surface area contributed by atoms with Gasteiger partial charge in [-0.2, -0.15) is 0 Å². The summed E-state index contributed by atoms with van der Waals surface area (Å²) in [7, 11) is 1.31. The summed E-state index contributed by atoms with van der Waals surface area (Å²) >= 11 is 4.56. The van der Waals surface area contributed by atoms with E-state index in [9.17, 15) is 9.59 Å². The van der Waals surface area contributed by atoms with Crippen molar-refractivity contribution in [3.05, 3.63) is 10.4 Å². The van der Waals surface area contributed by atoms with E-state index in [1.165, 1.54) is 28.9 Å². The van der Waals surface area contributed by atoms with Crippen molar-refractivity contribution in [1.82, 2.24) is 4.98 Å². The molecule has 1 aromatic rings. The second kappa shape index (κ2) is 4.50. The summed E-state index contributed by atoms with van der Waals surface area (Å²) in [6, 6.07) is 0. The average molecular weight is 305 g/mol. The van der Waals surface area contributed by atoms with Gasteiger partial charge in [0.2, 0.25) is 5.91 Å². The molecule has 0 saturated carbocycles. The van der Waals surface area contributed by atoms with E-state index in [1.54, 1.807) is 0 Å². The Balaban J connectivity index is 2.31. The number of halogens is 1. The summed E-state index contributed by atoms with van der Waals surface area (Å²) < 4.78 is 4.64. The number of hydrogen-bond acceptors (Lipinski definition) is 5. The Morgan fingerprint density at radius 1 is 1.75 bits per heavy atom. The van der Waals surface area contributed by atoms with Crippen LogP contribution in [-0.2, 0) is 9.53 Å². The molecule has 1 saturated heterocycles. The van der Waals surface area contributed by atoms with E-state index in [1.807, 2.05) is 0 Å². The molecular formula is C9H9BrN2O3S. The number of nitrogens with zero attached hydrogens (tertiary/aromatic N) is 2. The van der Waals surface area contributed by atoms with Gasteiger partial charge in [-0.15, -0.1) is 11.3 Å². The Morgan fingerprint density at radius 3 is 3.06 bits per heavy atom. The van der Waals surface area contributed by atoms with Gasteiger partial charge in [-0.05, 0) is 0 Å². The molecule has 1 unspecified atom stereocenters. The predicted octanol–water partition coefficient (Wildman–Crippen LogP) is 1.43. The number of methoxy groups -OCH3 is 1. The third-order valence-electron chi connectivity index (χ3n) is 2.25. The van der Waals surface area contributed by atoms with E-state index >= 15 is 0 Å². The SMILES string of the molecule is COC(=O)c1scnc1N1CC(Br)CC1=O. The molecule has 1 aliphatic rings. The van der Waals surface area contributed by atoms with Gasteiger partial charge in [-0.1, -0.05) is 15.9 Å². The number of carbonyl (C=O) groups excluding carboxylic acids is 2. The minimum Gasteiger partial charge on any atom is -0.465 e. The maximum absolute atomic E-state index is 11.7. The second-order valence-corrected chi connectivity index (χ2v) is 5.45. The number of esters is 1. The molecule has 16 heavy (non-hydrogen) atoms. The van der Waals surface area contributed by atoms with Crippen molar-refractivity contribution >= 4 is 45.0 Å². The first-order chi connectivity index (χ1) is 7.63. The fourth-order valence-corrected chi connectivity index (χ4v) is 2.81. The summed E-state index contributed by atoms with van der Waals surface area (Å²) in [5, 5.41) is 0. The van der Waals surface area contributed by atoms with Crippen LogP contribution in [0.15, 0.2) is 5.51 Å². The zero-order valence-electron chi connectivity index (χ0n) is 8.47. The number of alkyl halides is 1. The van der Waals surface area contributed by atoms with Gasteiger partial charge in [-0.25, -0.2) is 9.78 Å². The first-order valence-electron chi connectivity index (χ1n) is 4.59. The summed E-state index contributed by atoms with van der Waals surface area (Å²) in [4.78, 5) is 29.2. The lowest BCUT2D eigenvalue weighted by molar-refractivity contribution is -0.117. The zero-order chi connectivity index (χ0) is 11.7. The van der Waals surface area contributed by atoms with E-state index in [4.69, 9.17) is 0 Å². The molecule has 1 amide bonds. The molecule has 7 heteroatoms. The molecule has 2 heterocycles. The van der Waals surface area contributed by atoms with E-state index in [0.29, 0.717) is 23.7 Å². The Labute approximate surface area is 105 Å². The van der Waals surface area contributed by atoms with Crippen LogP contribution in [-0.4, -0.2) is 35.3 Å². The molecule has 1 aliphatic heterocycles. The van der Waals surface area contributed by atoms with Crippen LogP contribution >= 0.6 is 27.3 Å². The van der Waals surface area contributed by atoms with Gasteiger partial charge in [0.05, 0.1) is 12.6 Å². The Bertz CT molecular complexity index is 434. The first-order valence-corrected chi connectivity index (χ1v) is 6.39. The van der Waals surface area contributed by atoms with E-state index in [-0.39, 0.29) is 10.7 Å². The molecule has 2 rings (SSSR count). The van der Waals surface area contributed by atoms with Crippen LogP contribution in [0.3, 0.4) is 0 Å². The van der Waals surface area contributed by atoms with E-state index < -0.39 is 5.97 Å². The predicted molar refractivity (Wildman–Crippen MR) is 63.1 cm³/mol. The fraction of sp³-hybridized carbons (Fsp3) is 0.444. The molecule has 1 aromatic heterocycles. The highest BCUT2D eigenvalue weighted by molar-refractivity contribution is 9.09. The fourth-order valence-electron chi connectivity index (χ4n) is 1.53. The van der Waals surface area contributed by atoms with Crippen molar-refractivity contribution in [2.24, 2.45) is 0 Å². The quantitative estimate of drug-likeness (QED) is 0.612. The second-order valence-electron chi connectivity index (χ2n) is 3.30. The van der Waals surface area contributed by atoms with Crippen molar-refractivity contribution in [3.8, 4) is 0 Å². The van der Waals surface area contributed by atoms with Crippen LogP contribution in [0.4, 0.5) is 5.82 Å². The molecule has 86 valence electrons. The lowest BCUT2D eigenvalue weighted by atomic mass is 10.4. The third kappa shape index (κ3) is 1.97. The Morgan fingerprint density at radius 2 is 2.50 bits per heavy atom. The normalized spacial score (nSPS) is 20.2. The topological polar surface area (TPSA) is 59.5 Å². The van der Waals surface area contributed by atoms with Crippen LogP contribution in [0.1, 0.15) is 16.1 Å². The highest BCUT2D eigenvalue weighted by Crippen LogP contribution is 2.29. The smallest absolute Gasteiger partial charge is 0.351 e.